The second-order valence-corrected chi connectivity index (χ2v) is 4.79. The molecular formula is C15H18Ga2O12. The van der Waals surface area contributed by atoms with Crippen LogP contribution in [0.3, 0.4) is 0 Å². The number of carboxylic acid groups (broad SMARTS) is 6. The predicted molar refractivity (Wildman–Crippen MR) is 83.1 cm³/mol. The van der Waals surface area contributed by atoms with Crippen molar-refractivity contribution in [2.75, 3.05) is 0 Å². The SMILES string of the molecule is O=C([O-])CCCC(=O)[O-].O=C([O-])CCCC(=O)[O-].O=C([O-])CCCC(=O)[O-].[Ga+3].[Ga+3]. The fourth-order valence-corrected chi connectivity index (χ4v) is 1.13. The summed E-state index contributed by atoms with van der Waals surface area (Å²) in [6.07, 6.45) is -1.02. The van der Waals surface area contributed by atoms with Crippen LogP contribution in [0.5, 0.6) is 0 Å². The third kappa shape index (κ3) is 58.5. The Bertz CT molecular complexity index is 394. The van der Waals surface area contributed by atoms with Crippen molar-refractivity contribution >= 4 is 75.4 Å². The molecule has 0 aromatic rings. The van der Waals surface area contributed by atoms with Crippen molar-refractivity contribution in [2.45, 2.75) is 57.8 Å². The summed E-state index contributed by atoms with van der Waals surface area (Å²) in [4.78, 5) is 57.9. The molecule has 0 aliphatic heterocycles. The molecule has 0 unspecified atom stereocenters. The topological polar surface area (TPSA) is 241 Å². The quantitative estimate of drug-likeness (QED) is 0.214. The van der Waals surface area contributed by atoms with Crippen LogP contribution in [0.4, 0.5) is 0 Å². The molecule has 0 fully saturated rings. The van der Waals surface area contributed by atoms with E-state index in [1.165, 1.54) is 0 Å². The number of carboxylic acids is 6. The van der Waals surface area contributed by atoms with Crippen molar-refractivity contribution in [3.63, 3.8) is 0 Å². The summed E-state index contributed by atoms with van der Waals surface area (Å²) in [5.74, 6) is -7.35. The van der Waals surface area contributed by atoms with Gasteiger partial charge in [0.15, 0.2) is 0 Å². The van der Waals surface area contributed by atoms with Gasteiger partial charge in [-0.05, 0) is 57.8 Å². The molecular weight excluding hydrogens is 512 g/mol. The minimum absolute atomic E-state index is 0. The Morgan fingerprint density at radius 2 is 0.448 bits per heavy atom. The van der Waals surface area contributed by atoms with Crippen LogP contribution in [-0.4, -0.2) is 75.4 Å². The van der Waals surface area contributed by atoms with E-state index in [1.54, 1.807) is 0 Å². The summed E-state index contributed by atoms with van der Waals surface area (Å²) in [7, 11) is 0. The largest absolute Gasteiger partial charge is 3.00 e. The molecule has 0 N–H and O–H groups in total. The van der Waals surface area contributed by atoms with Gasteiger partial charge in [-0.25, -0.2) is 0 Å². The van der Waals surface area contributed by atoms with E-state index in [1.807, 2.05) is 0 Å². The summed E-state index contributed by atoms with van der Waals surface area (Å²) < 4.78 is 0. The maximum Gasteiger partial charge on any atom is 3.00 e. The second-order valence-electron chi connectivity index (χ2n) is 4.79. The van der Waals surface area contributed by atoms with Crippen LogP contribution in [0, 0.1) is 0 Å². The second kappa shape index (κ2) is 26.1. The van der Waals surface area contributed by atoms with Gasteiger partial charge in [0.05, 0.1) is 0 Å². The molecule has 12 nitrogen and oxygen atoms in total. The van der Waals surface area contributed by atoms with Crippen LogP contribution >= 0.6 is 0 Å². The van der Waals surface area contributed by atoms with E-state index in [4.69, 9.17) is 0 Å². The minimum atomic E-state index is -1.23. The van der Waals surface area contributed by atoms with E-state index in [2.05, 4.69) is 0 Å². The van der Waals surface area contributed by atoms with E-state index in [0.29, 0.717) is 0 Å². The van der Waals surface area contributed by atoms with Crippen molar-refractivity contribution in [1.82, 2.24) is 0 Å². The fraction of sp³-hybridized carbons (Fsp3) is 0.600. The zero-order valence-corrected chi connectivity index (χ0v) is 20.3. The Labute approximate surface area is 192 Å². The van der Waals surface area contributed by atoms with Crippen molar-refractivity contribution in [1.29, 1.82) is 0 Å². The first-order chi connectivity index (χ1) is 12.4. The molecule has 0 heterocycles. The van der Waals surface area contributed by atoms with E-state index in [-0.39, 0.29) is 97.4 Å². The molecule has 0 amide bonds. The molecule has 0 aromatic carbocycles. The summed E-state index contributed by atoms with van der Waals surface area (Å²) >= 11 is 0. The van der Waals surface area contributed by atoms with Crippen molar-refractivity contribution < 1.29 is 59.4 Å². The van der Waals surface area contributed by atoms with Gasteiger partial charge in [-0.1, -0.05) is 0 Å². The van der Waals surface area contributed by atoms with Gasteiger partial charge in [-0.15, -0.1) is 0 Å². The summed E-state index contributed by atoms with van der Waals surface area (Å²) in [6, 6.07) is 0. The molecule has 0 bridgehead atoms. The summed E-state index contributed by atoms with van der Waals surface area (Å²) in [6.45, 7) is 0. The minimum Gasteiger partial charge on any atom is -0.550 e. The van der Waals surface area contributed by atoms with Gasteiger partial charge in [-0.3, -0.25) is 0 Å². The third-order valence-electron chi connectivity index (χ3n) is 2.29. The van der Waals surface area contributed by atoms with E-state index in [9.17, 15) is 59.4 Å². The molecule has 0 aromatic heterocycles. The van der Waals surface area contributed by atoms with Crippen LogP contribution in [0.25, 0.3) is 0 Å². The zero-order chi connectivity index (χ0) is 21.8. The van der Waals surface area contributed by atoms with Gasteiger partial charge in [0.1, 0.15) is 0 Å². The van der Waals surface area contributed by atoms with Crippen LogP contribution in [-0.2, 0) is 28.8 Å². The predicted octanol–water partition coefficient (Wildman–Crippen LogP) is -7.79. The Hall–Kier alpha value is -1.91. The smallest absolute Gasteiger partial charge is 0.550 e. The summed E-state index contributed by atoms with van der Waals surface area (Å²) in [5.41, 5.74) is 0. The van der Waals surface area contributed by atoms with Gasteiger partial charge in [0, 0.05) is 35.8 Å². The maximum atomic E-state index is 9.66. The monoisotopic (exact) mass is 528 g/mol. The first-order valence-corrected chi connectivity index (χ1v) is 7.57. The van der Waals surface area contributed by atoms with Gasteiger partial charge < -0.3 is 59.4 Å². The van der Waals surface area contributed by atoms with Crippen LogP contribution in [0.1, 0.15) is 57.8 Å². The molecule has 0 aliphatic carbocycles. The Morgan fingerprint density at radius 1 is 0.345 bits per heavy atom. The molecule has 0 saturated carbocycles. The number of carbonyl (C=O) groups is 6. The number of rotatable bonds is 12. The van der Waals surface area contributed by atoms with E-state index >= 15 is 0 Å². The average Bonchev–Trinajstić information content (AvgIpc) is 2.46. The summed E-state index contributed by atoms with van der Waals surface area (Å²) in [5, 5.41) is 57.9. The third-order valence-corrected chi connectivity index (χ3v) is 2.29. The Morgan fingerprint density at radius 3 is 0.517 bits per heavy atom. The molecule has 29 heavy (non-hydrogen) atoms. The van der Waals surface area contributed by atoms with Crippen LogP contribution < -0.4 is 30.6 Å². The first-order valence-electron chi connectivity index (χ1n) is 7.57. The maximum absolute atomic E-state index is 9.66. The van der Waals surface area contributed by atoms with Crippen molar-refractivity contribution in [3.05, 3.63) is 0 Å². The number of carbonyl (C=O) groups excluding carboxylic acids is 6. The molecule has 0 atom stereocenters. The number of hydrogen-bond acceptors (Lipinski definition) is 12. The number of aliphatic carboxylic acids is 6. The van der Waals surface area contributed by atoms with Crippen LogP contribution in [0.15, 0.2) is 0 Å². The first kappa shape index (κ1) is 37.8. The fourth-order valence-electron chi connectivity index (χ4n) is 1.13. The molecule has 0 aliphatic rings. The molecule has 0 saturated heterocycles. The van der Waals surface area contributed by atoms with Crippen LogP contribution in [0.2, 0.25) is 0 Å². The molecule has 14 heteroatoms. The van der Waals surface area contributed by atoms with E-state index in [0.717, 1.165) is 0 Å². The van der Waals surface area contributed by atoms with E-state index < -0.39 is 35.8 Å². The molecule has 0 radical (unpaired) electrons. The average molecular weight is 530 g/mol. The van der Waals surface area contributed by atoms with Crippen molar-refractivity contribution in [2.24, 2.45) is 0 Å². The molecule has 0 spiro atoms. The van der Waals surface area contributed by atoms with Gasteiger partial charge >= 0.3 is 39.6 Å². The zero-order valence-electron chi connectivity index (χ0n) is 15.4. The molecule has 156 valence electrons. The van der Waals surface area contributed by atoms with Gasteiger partial charge in [-0.2, -0.15) is 0 Å². The van der Waals surface area contributed by atoms with Gasteiger partial charge in [0.2, 0.25) is 0 Å². The Balaban J connectivity index is -0.0000000960. The number of hydrogen-bond donors (Lipinski definition) is 0. The Kier molecular flexibility index (Phi) is 34.0. The standard InChI is InChI=1S/3C5H8O4.2Ga/c3*6-4(7)2-1-3-5(8)9;;/h3*1-3H2,(H,6,7)(H,8,9);;/q;;;2*+3/p-6. The molecule has 0 rings (SSSR count). The normalized spacial score (nSPS) is 8.28. The van der Waals surface area contributed by atoms with Gasteiger partial charge in [0.25, 0.3) is 0 Å². The van der Waals surface area contributed by atoms with Crippen molar-refractivity contribution in [3.8, 4) is 0 Å².